The Morgan fingerprint density at radius 2 is 2.21 bits per heavy atom. The average Bonchev–Trinajstić information content (AvgIpc) is 2.46. The molecular weight excluding hydrogens is 234 g/mol. The molecule has 0 bridgehead atoms. The first kappa shape index (κ1) is 14.0. The maximum Gasteiger partial charge on any atom is 0.0641 e. The van der Waals surface area contributed by atoms with Crippen LogP contribution in [0.15, 0.2) is 30.3 Å². The highest BCUT2D eigenvalue weighted by molar-refractivity contribution is 5.20. The van der Waals surface area contributed by atoms with Crippen LogP contribution in [0, 0.1) is 17.2 Å². The quantitative estimate of drug-likeness (QED) is 0.881. The monoisotopic (exact) mass is 257 g/mol. The van der Waals surface area contributed by atoms with Gasteiger partial charge in [-0.1, -0.05) is 30.3 Å². The molecule has 0 aromatic heterocycles. The van der Waals surface area contributed by atoms with Crippen molar-refractivity contribution in [2.75, 3.05) is 26.7 Å². The summed E-state index contributed by atoms with van der Waals surface area (Å²) in [5, 5.41) is 12.4. The average molecular weight is 257 g/mol. The van der Waals surface area contributed by atoms with Gasteiger partial charge in [0, 0.05) is 12.6 Å². The van der Waals surface area contributed by atoms with Crippen molar-refractivity contribution in [2.45, 2.75) is 25.3 Å². The van der Waals surface area contributed by atoms with Gasteiger partial charge in [-0.2, -0.15) is 5.26 Å². The fourth-order valence-electron chi connectivity index (χ4n) is 3.06. The van der Waals surface area contributed by atoms with E-state index in [1.54, 1.807) is 0 Å². The molecule has 1 fully saturated rings. The van der Waals surface area contributed by atoms with Gasteiger partial charge >= 0.3 is 0 Å². The van der Waals surface area contributed by atoms with E-state index in [4.69, 9.17) is 5.26 Å². The number of hydrogen-bond acceptors (Lipinski definition) is 3. The van der Waals surface area contributed by atoms with Crippen molar-refractivity contribution < 1.29 is 0 Å². The summed E-state index contributed by atoms with van der Waals surface area (Å²) in [6.45, 7) is 3.29. The molecule has 1 saturated heterocycles. The summed E-state index contributed by atoms with van der Waals surface area (Å²) < 4.78 is 0. The summed E-state index contributed by atoms with van der Waals surface area (Å²) in [4.78, 5) is 2.49. The molecule has 2 rings (SSSR count). The number of piperidine rings is 1. The Bertz CT molecular complexity index is 408. The van der Waals surface area contributed by atoms with Crippen LogP contribution in [0.2, 0.25) is 0 Å². The summed E-state index contributed by atoms with van der Waals surface area (Å²) in [7, 11) is 2.02. The molecule has 1 N–H and O–H groups in total. The van der Waals surface area contributed by atoms with E-state index in [9.17, 15) is 0 Å². The largest absolute Gasteiger partial charge is 0.319 e. The second kappa shape index (κ2) is 7.28. The van der Waals surface area contributed by atoms with Crippen LogP contribution in [0.25, 0.3) is 0 Å². The molecule has 2 unspecified atom stereocenters. The lowest BCUT2D eigenvalue weighted by Gasteiger charge is -2.37. The third kappa shape index (κ3) is 3.79. The molecule has 0 saturated carbocycles. The summed E-state index contributed by atoms with van der Waals surface area (Å²) in [6.07, 6.45) is 3.11. The third-order valence-electron chi connectivity index (χ3n) is 3.95. The van der Waals surface area contributed by atoms with E-state index in [1.807, 2.05) is 13.1 Å². The Morgan fingerprint density at radius 3 is 2.89 bits per heavy atom. The molecule has 0 radical (unpaired) electrons. The normalized spacial score (nSPS) is 21.8. The van der Waals surface area contributed by atoms with Crippen molar-refractivity contribution in [1.82, 2.24) is 10.2 Å². The van der Waals surface area contributed by atoms with Gasteiger partial charge in [0.2, 0.25) is 0 Å². The van der Waals surface area contributed by atoms with Gasteiger partial charge in [-0.05, 0) is 44.5 Å². The lowest BCUT2D eigenvalue weighted by molar-refractivity contribution is 0.124. The molecule has 0 spiro atoms. The van der Waals surface area contributed by atoms with E-state index in [0.29, 0.717) is 12.3 Å². The summed E-state index contributed by atoms with van der Waals surface area (Å²) in [5.41, 5.74) is 1.27. The van der Waals surface area contributed by atoms with Crippen LogP contribution >= 0.6 is 0 Å². The van der Waals surface area contributed by atoms with Crippen molar-refractivity contribution >= 4 is 0 Å². The molecule has 0 amide bonds. The second-order valence-corrected chi connectivity index (χ2v) is 5.35. The number of benzene rings is 1. The summed E-state index contributed by atoms with van der Waals surface area (Å²) >= 11 is 0. The van der Waals surface area contributed by atoms with E-state index < -0.39 is 0 Å². The van der Waals surface area contributed by atoms with Crippen molar-refractivity contribution in [3.63, 3.8) is 0 Å². The van der Waals surface area contributed by atoms with Crippen LogP contribution in [0.1, 0.15) is 30.9 Å². The van der Waals surface area contributed by atoms with Gasteiger partial charge in [-0.25, -0.2) is 0 Å². The van der Waals surface area contributed by atoms with Crippen LogP contribution in [0.3, 0.4) is 0 Å². The Kier molecular flexibility index (Phi) is 5.38. The minimum absolute atomic E-state index is 0.255. The molecule has 0 aliphatic carbocycles. The van der Waals surface area contributed by atoms with Crippen molar-refractivity contribution in [2.24, 2.45) is 5.92 Å². The molecule has 1 aromatic rings. The van der Waals surface area contributed by atoms with E-state index in [-0.39, 0.29) is 6.04 Å². The molecule has 3 heteroatoms. The second-order valence-electron chi connectivity index (χ2n) is 5.35. The zero-order valence-electron chi connectivity index (χ0n) is 11.7. The molecule has 1 aromatic carbocycles. The van der Waals surface area contributed by atoms with Gasteiger partial charge in [0.15, 0.2) is 0 Å². The van der Waals surface area contributed by atoms with Crippen LogP contribution in [-0.4, -0.2) is 31.6 Å². The van der Waals surface area contributed by atoms with E-state index >= 15 is 0 Å². The molecule has 2 atom stereocenters. The predicted molar refractivity (Wildman–Crippen MR) is 77.6 cm³/mol. The topological polar surface area (TPSA) is 39.1 Å². The van der Waals surface area contributed by atoms with E-state index in [2.05, 4.69) is 40.6 Å². The lowest BCUT2D eigenvalue weighted by atomic mass is 9.93. The van der Waals surface area contributed by atoms with Crippen LogP contribution in [0.4, 0.5) is 0 Å². The number of nitriles is 1. The Morgan fingerprint density at radius 1 is 1.42 bits per heavy atom. The number of likely N-dealkylation sites (tertiary alicyclic amines) is 1. The highest BCUT2D eigenvalue weighted by atomic mass is 15.2. The summed E-state index contributed by atoms with van der Waals surface area (Å²) in [6, 6.07) is 13.1. The predicted octanol–water partition coefficient (Wildman–Crippen LogP) is 2.57. The zero-order valence-corrected chi connectivity index (χ0v) is 11.7. The fraction of sp³-hybridized carbons (Fsp3) is 0.562. The maximum absolute atomic E-state index is 9.11. The van der Waals surface area contributed by atoms with Gasteiger partial charge < -0.3 is 5.32 Å². The van der Waals surface area contributed by atoms with Crippen LogP contribution < -0.4 is 5.32 Å². The van der Waals surface area contributed by atoms with Crippen molar-refractivity contribution in [3.05, 3.63) is 35.9 Å². The maximum atomic E-state index is 9.11. The minimum atomic E-state index is 0.255. The van der Waals surface area contributed by atoms with Crippen LogP contribution in [0.5, 0.6) is 0 Å². The summed E-state index contributed by atoms with van der Waals surface area (Å²) in [5.74, 6) is 0.712. The third-order valence-corrected chi connectivity index (χ3v) is 3.95. The zero-order chi connectivity index (χ0) is 13.5. The number of nitrogens with zero attached hydrogens (tertiary/aromatic N) is 2. The van der Waals surface area contributed by atoms with Gasteiger partial charge in [0.05, 0.1) is 12.5 Å². The number of hydrogen-bond donors (Lipinski definition) is 1. The fourth-order valence-corrected chi connectivity index (χ4v) is 3.06. The Balaban J connectivity index is 2.09. The lowest BCUT2D eigenvalue weighted by Crippen LogP contribution is -2.41. The highest BCUT2D eigenvalue weighted by Gasteiger charge is 2.26. The van der Waals surface area contributed by atoms with Gasteiger partial charge in [0.1, 0.15) is 0 Å². The SMILES string of the molecule is CNCC1CCCN(C(CC#N)c2ccccc2)C1. The molecule has 102 valence electrons. The molecular formula is C16H23N3. The highest BCUT2D eigenvalue weighted by Crippen LogP contribution is 2.28. The van der Waals surface area contributed by atoms with Crippen molar-refractivity contribution in [1.29, 1.82) is 5.26 Å². The smallest absolute Gasteiger partial charge is 0.0641 e. The first-order chi connectivity index (χ1) is 9.35. The van der Waals surface area contributed by atoms with Crippen molar-refractivity contribution in [3.8, 4) is 6.07 Å². The Labute approximate surface area is 116 Å². The molecule has 19 heavy (non-hydrogen) atoms. The number of rotatable bonds is 5. The molecule has 1 aliphatic heterocycles. The van der Waals surface area contributed by atoms with Gasteiger partial charge in [-0.15, -0.1) is 0 Å². The van der Waals surface area contributed by atoms with Gasteiger partial charge in [0.25, 0.3) is 0 Å². The minimum Gasteiger partial charge on any atom is -0.319 e. The van der Waals surface area contributed by atoms with E-state index in [0.717, 1.165) is 19.6 Å². The first-order valence-electron chi connectivity index (χ1n) is 7.15. The number of nitrogens with one attached hydrogen (secondary N) is 1. The molecule has 1 aliphatic rings. The first-order valence-corrected chi connectivity index (χ1v) is 7.15. The Hall–Kier alpha value is -1.37. The molecule has 1 heterocycles. The van der Waals surface area contributed by atoms with E-state index in [1.165, 1.54) is 18.4 Å². The van der Waals surface area contributed by atoms with Crippen LogP contribution in [-0.2, 0) is 0 Å². The standard InChI is InChI=1S/C16H23N3/c1-18-12-14-6-5-11-19(13-14)16(9-10-17)15-7-3-2-4-8-15/h2-4,7-8,14,16,18H,5-6,9,11-13H2,1H3. The molecule has 3 nitrogen and oxygen atoms in total. The van der Waals surface area contributed by atoms with Gasteiger partial charge in [-0.3, -0.25) is 4.90 Å².